The van der Waals surface area contributed by atoms with Crippen LogP contribution in [0.4, 0.5) is 9.39 Å². The fraction of sp³-hybridized carbons (Fsp3) is 0.259. The largest absolute Gasteiger partial charge is 0.494 e. The first kappa shape index (κ1) is 27.3. The van der Waals surface area contributed by atoms with Crippen LogP contribution >= 0.6 is 23.1 Å². The highest BCUT2D eigenvalue weighted by Gasteiger charge is 2.23. The van der Waals surface area contributed by atoms with E-state index in [0.29, 0.717) is 33.7 Å². The van der Waals surface area contributed by atoms with E-state index in [1.165, 1.54) is 42.3 Å². The molecule has 0 aliphatic carbocycles. The number of hydrogen-bond acceptors (Lipinski definition) is 8. The van der Waals surface area contributed by atoms with E-state index in [9.17, 15) is 14.0 Å². The molecule has 0 atom stereocenters. The fourth-order valence-corrected chi connectivity index (χ4v) is 5.30. The first-order valence-corrected chi connectivity index (χ1v) is 13.8. The lowest BCUT2D eigenvalue weighted by Crippen LogP contribution is -2.16. The van der Waals surface area contributed by atoms with Gasteiger partial charge in [0.05, 0.1) is 19.5 Å². The number of rotatable bonds is 11. The highest BCUT2D eigenvalue weighted by Crippen LogP contribution is 2.36. The van der Waals surface area contributed by atoms with Crippen LogP contribution < -0.4 is 10.1 Å². The molecule has 0 bridgehead atoms. The molecule has 38 heavy (non-hydrogen) atoms. The van der Waals surface area contributed by atoms with Gasteiger partial charge in [0.2, 0.25) is 5.91 Å². The van der Waals surface area contributed by atoms with Crippen molar-refractivity contribution in [2.24, 2.45) is 7.05 Å². The summed E-state index contributed by atoms with van der Waals surface area (Å²) >= 11 is 2.43. The van der Waals surface area contributed by atoms with E-state index < -0.39 is 5.97 Å². The third-order valence-corrected chi connectivity index (χ3v) is 7.55. The van der Waals surface area contributed by atoms with Crippen molar-refractivity contribution in [3.63, 3.8) is 0 Å². The summed E-state index contributed by atoms with van der Waals surface area (Å²) in [6.07, 6.45) is 2.08. The number of methoxy groups -OCH3 is 1. The zero-order valence-electron chi connectivity index (χ0n) is 21.2. The van der Waals surface area contributed by atoms with E-state index in [0.717, 1.165) is 24.2 Å². The molecular weight excluding hydrogens is 527 g/mol. The van der Waals surface area contributed by atoms with Gasteiger partial charge >= 0.3 is 5.97 Å². The normalized spacial score (nSPS) is 10.8. The Hall–Kier alpha value is -3.70. The number of unbranched alkanes of at least 4 members (excludes halogenated alkanes) is 1. The molecule has 1 amide bonds. The van der Waals surface area contributed by atoms with Crippen LogP contribution in [0.5, 0.6) is 5.75 Å². The van der Waals surface area contributed by atoms with Gasteiger partial charge in [-0.1, -0.05) is 37.2 Å². The molecule has 0 radical (unpaired) electrons. The number of carbonyl (C=O) groups excluding carboxylic acids is 2. The zero-order valence-corrected chi connectivity index (χ0v) is 22.8. The summed E-state index contributed by atoms with van der Waals surface area (Å²) in [6.45, 7) is 2.80. The van der Waals surface area contributed by atoms with Gasteiger partial charge in [-0.05, 0) is 48.4 Å². The minimum Gasteiger partial charge on any atom is -0.494 e. The number of thiophene rings is 1. The number of aromatic nitrogens is 3. The van der Waals surface area contributed by atoms with Crippen molar-refractivity contribution < 1.29 is 23.5 Å². The summed E-state index contributed by atoms with van der Waals surface area (Å²) in [7, 11) is 3.11. The van der Waals surface area contributed by atoms with Crippen LogP contribution in [0.25, 0.3) is 22.5 Å². The van der Waals surface area contributed by atoms with E-state index in [1.807, 2.05) is 35.9 Å². The van der Waals surface area contributed by atoms with Crippen molar-refractivity contribution in [1.82, 2.24) is 14.8 Å². The van der Waals surface area contributed by atoms with Gasteiger partial charge in [0, 0.05) is 23.6 Å². The average Bonchev–Trinajstić information content (AvgIpc) is 3.51. The van der Waals surface area contributed by atoms with Crippen LogP contribution in [0.2, 0.25) is 0 Å². The van der Waals surface area contributed by atoms with Gasteiger partial charge < -0.3 is 19.4 Å². The van der Waals surface area contributed by atoms with Gasteiger partial charge in [0.25, 0.3) is 0 Å². The molecule has 0 aliphatic rings. The number of hydrogen-bond donors (Lipinski definition) is 1. The second kappa shape index (κ2) is 12.7. The Morgan fingerprint density at radius 3 is 2.47 bits per heavy atom. The molecule has 2 heterocycles. The van der Waals surface area contributed by atoms with Gasteiger partial charge in [-0.3, -0.25) is 4.79 Å². The number of amides is 1. The van der Waals surface area contributed by atoms with Gasteiger partial charge in [-0.25, -0.2) is 9.18 Å². The summed E-state index contributed by atoms with van der Waals surface area (Å²) in [5, 5.41) is 14.0. The van der Waals surface area contributed by atoms with Gasteiger partial charge in [-0.2, -0.15) is 0 Å². The van der Waals surface area contributed by atoms with Crippen molar-refractivity contribution in [1.29, 1.82) is 0 Å². The predicted molar refractivity (Wildman–Crippen MR) is 147 cm³/mol. The third kappa shape index (κ3) is 6.40. The molecule has 0 aliphatic heterocycles. The monoisotopic (exact) mass is 554 g/mol. The summed E-state index contributed by atoms with van der Waals surface area (Å²) in [5.41, 5.74) is 2.31. The van der Waals surface area contributed by atoms with Gasteiger partial charge in [-0.15, -0.1) is 21.5 Å². The topological polar surface area (TPSA) is 95.3 Å². The fourth-order valence-electron chi connectivity index (χ4n) is 3.62. The molecule has 4 rings (SSSR count). The number of ether oxygens (including phenoxy) is 2. The molecule has 1 N–H and O–H groups in total. The van der Waals surface area contributed by atoms with Crippen LogP contribution in [0.3, 0.4) is 0 Å². The zero-order chi connectivity index (χ0) is 27.1. The Labute approximate surface area is 228 Å². The van der Waals surface area contributed by atoms with Crippen molar-refractivity contribution in [3.05, 3.63) is 65.3 Å². The summed E-state index contributed by atoms with van der Waals surface area (Å²) in [5.74, 6) is 0.246. The Morgan fingerprint density at radius 2 is 1.79 bits per heavy atom. The Kier molecular flexibility index (Phi) is 9.14. The molecule has 0 unspecified atom stereocenters. The summed E-state index contributed by atoms with van der Waals surface area (Å²) in [4.78, 5) is 25.3. The lowest BCUT2D eigenvalue weighted by Gasteiger charge is -2.08. The molecule has 2 aromatic carbocycles. The third-order valence-electron chi connectivity index (χ3n) is 5.64. The molecule has 0 spiro atoms. The number of thioether (sulfide) groups is 1. The van der Waals surface area contributed by atoms with Crippen molar-refractivity contribution >= 4 is 40.0 Å². The molecule has 0 saturated carbocycles. The van der Waals surface area contributed by atoms with Crippen LogP contribution in [0.15, 0.2) is 59.1 Å². The molecule has 4 aromatic rings. The Balaban J connectivity index is 1.42. The number of anilines is 1. The number of benzene rings is 2. The van der Waals surface area contributed by atoms with Gasteiger partial charge in [0.1, 0.15) is 22.1 Å². The smallest absolute Gasteiger partial charge is 0.341 e. The molecule has 11 heteroatoms. The minimum absolute atomic E-state index is 0.0561. The lowest BCUT2D eigenvalue weighted by atomic mass is 10.0. The van der Waals surface area contributed by atoms with Crippen molar-refractivity contribution in [2.75, 3.05) is 24.8 Å². The Bertz CT molecular complexity index is 1400. The molecule has 198 valence electrons. The number of nitrogens with one attached hydrogen (secondary N) is 1. The standard InChI is InChI=1S/C27H27FN4O4S2/c1-4-5-14-36-20-12-8-18(9-13-20)24-30-31-27(32(24)2)38-16-22(33)29-25-23(26(34)35-3)21(15-37-25)17-6-10-19(28)11-7-17/h6-13,15H,4-5,14,16H2,1-3H3,(H,29,33). The number of esters is 1. The van der Waals surface area contributed by atoms with Crippen LogP contribution in [0, 0.1) is 5.82 Å². The first-order valence-electron chi connectivity index (χ1n) is 11.9. The van der Waals surface area contributed by atoms with Gasteiger partial charge in [0.15, 0.2) is 11.0 Å². The second-order valence-electron chi connectivity index (χ2n) is 8.28. The number of nitrogens with zero attached hydrogens (tertiary/aromatic N) is 3. The molecule has 0 fully saturated rings. The van der Waals surface area contributed by atoms with E-state index in [4.69, 9.17) is 9.47 Å². The van der Waals surface area contributed by atoms with Crippen LogP contribution in [-0.4, -0.2) is 46.1 Å². The molecule has 0 saturated heterocycles. The van der Waals surface area contributed by atoms with Crippen LogP contribution in [-0.2, 0) is 16.6 Å². The maximum Gasteiger partial charge on any atom is 0.341 e. The van der Waals surface area contributed by atoms with Crippen molar-refractivity contribution in [2.45, 2.75) is 24.9 Å². The van der Waals surface area contributed by atoms with E-state index >= 15 is 0 Å². The number of carbonyl (C=O) groups is 2. The molecule has 8 nitrogen and oxygen atoms in total. The highest BCUT2D eigenvalue weighted by molar-refractivity contribution is 7.99. The molecule has 2 aromatic heterocycles. The second-order valence-corrected chi connectivity index (χ2v) is 10.1. The lowest BCUT2D eigenvalue weighted by molar-refractivity contribution is -0.113. The van der Waals surface area contributed by atoms with E-state index in [1.54, 1.807) is 17.5 Å². The SMILES string of the molecule is CCCCOc1ccc(-c2nnc(SCC(=O)Nc3scc(-c4ccc(F)cc4)c3C(=O)OC)n2C)cc1. The minimum atomic E-state index is -0.590. The summed E-state index contributed by atoms with van der Waals surface area (Å²) in [6, 6.07) is 13.4. The van der Waals surface area contributed by atoms with Crippen molar-refractivity contribution in [3.8, 4) is 28.3 Å². The average molecular weight is 555 g/mol. The highest BCUT2D eigenvalue weighted by atomic mass is 32.2. The predicted octanol–water partition coefficient (Wildman–Crippen LogP) is 6.05. The number of halogens is 1. The quantitative estimate of drug-likeness (QED) is 0.137. The van der Waals surface area contributed by atoms with E-state index in [2.05, 4.69) is 22.4 Å². The van der Waals surface area contributed by atoms with Crippen LogP contribution in [0.1, 0.15) is 30.1 Å². The maximum absolute atomic E-state index is 13.4. The maximum atomic E-state index is 13.4. The molecular formula is C27H27FN4O4S2. The Morgan fingerprint density at radius 1 is 1.08 bits per heavy atom. The summed E-state index contributed by atoms with van der Waals surface area (Å²) < 4.78 is 25.8. The van der Waals surface area contributed by atoms with E-state index in [-0.39, 0.29) is 23.0 Å². The first-order chi connectivity index (χ1) is 18.4.